The second-order valence-corrected chi connectivity index (χ2v) is 21.7. The van der Waals surface area contributed by atoms with Crippen LogP contribution in [0.4, 0.5) is 9.59 Å². The number of carboxylic acid groups (broad SMARTS) is 3. The predicted octanol–water partition coefficient (Wildman–Crippen LogP) is 5.86. The number of carboxylic acids is 3. The number of aromatic carboxylic acids is 1. The van der Waals surface area contributed by atoms with E-state index in [2.05, 4.69) is 44.4 Å². The topological polar surface area (TPSA) is 337 Å². The van der Waals surface area contributed by atoms with Gasteiger partial charge in [-0.1, -0.05) is 47.9 Å². The van der Waals surface area contributed by atoms with Gasteiger partial charge in [0.15, 0.2) is 0 Å². The smallest absolute Gasteiger partial charge is 0.414 e. The highest BCUT2D eigenvalue weighted by Crippen LogP contribution is 2.38. The maximum atomic E-state index is 13.1. The first-order valence-electron chi connectivity index (χ1n) is 24.9. The zero-order valence-electron chi connectivity index (χ0n) is 46.4. The molecule has 0 spiro atoms. The Kier molecular flexibility index (Phi) is 23.0. The fraction of sp³-hybridized carbons (Fsp3) is 0.448. The molecule has 0 heterocycles. The third kappa shape index (κ3) is 21.6. The Labute approximate surface area is 458 Å². The van der Waals surface area contributed by atoms with Crippen molar-refractivity contribution in [3.63, 3.8) is 0 Å². The molecule has 6 rings (SSSR count). The van der Waals surface area contributed by atoms with Crippen molar-refractivity contribution in [2.75, 3.05) is 27.4 Å². The molecule has 0 aliphatic heterocycles. The molecule has 0 radical (unpaired) electrons. The van der Waals surface area contributed by atoms with Gasteiger partial charge in [-0.25, -0.2) is 28.8 Å². The quantitative estimate of drug-likeness (QED) is 0.0368. The Morgan fingerprint density at radius 2 is 0.949 bits per heavy atom. The van der Waals surface area contributed by atoms with E-state index in [1.165, 1.54) is 14.2 Å². The molecule has 21 nitrogen and oxygen atoms in total. The lowest BCUT2D eigenvalue weighted by Gasteiger charge is -2.34. The number of benzene rings is 4. The fourth-order valence-electron chi connectivity index (χ4n) is 7.10. The van der Waals surface area contributed by atoms with Crippen LogP contribution in [0.25, 0.3) is 21.5 Å². The van der Waals surface area contributed by atoms with Gasteiger partial charge in [0.2, 0.25) is 0 Å². The molecule has 0 aromatic heterocycles. The van der Waals surface area contributed by atoms with Gasteiger partial charge in [-0.05, 0) is 164 Å². The summed E-state index contributed by atoms with van der Waals surface area (Å²) in [6.07, 6.45) is 0.585. The Hall–Kier alpha value is -8.24. The summed E-state index contributed by atoms with van der Waals surface area (Å²) >= 11 is 0. The van der Waals surface area contributed by atoms with Crippen molar-refractivity contribution >= 4 is 69.5 Å². The summed E-state index contributed by atoms with van der Waals surface area (Å²) in [5, 5.41) is 53.4. The van der Waals surface area contributed by atoms with Gasteiger partial charge in [0.1, 0.15) is 23.3 Å². The van der Waals surface area contributed by atoms with Crippen molar-refractivity contribution in [3.8, 4) is 23.7 Å². The number of aliphatic carboxylic acids is 2. The summed E-state index contributed by atoms with van der Waals surface area (Å²) in [6.45, 7) is 17.3. The third-order valence-corrected chi connectivity index (χ3v) is 11.8. The average molecular weight is 1100 g/mol. The third-order valence-electron chi connectivity index (χ3n) is 11.8. The van der Waals surface area contributed by atoms with Crippen LogP contribution < -0.4 is 21.7 Å². The molecule has 426 valence electrons. The molecule has 4 aromatic rings. The number of nitrogens with one attached hydrogen (secondary N) is 3. The Bertz CT molecular complexity index is 3010. The van der Waals surface area contributed by atoms with Gasteiger partial charge in [-0.15, -0.1) is 0 Å². The monoisotopic (exact) mass is 1100 g/mol. The summed E-state index contributed by atoms with van der Waals surface area (Å²) in [4.78, 5) is 89.9. The molecule has 10 N–H and O–H groups in total. The van der Waals surface area contributed by atoms with E-state index in [1.807, 2.05) is 42.5 Å². The van der Waals surface area contributed by atoms with Crippen LogP contribution in [0.2, 0.25) is 0 Å². The average Bonchev–Trinajstić information content (AvgIpc) is 4.30. The Balaban J connectivity index is 0.000000321. The highest BCUT2D eigenvalue weighted by molar-refractivity contribution is 6.27. The van der Waals surface area contributed by atoms with Crippen LogP contribution in [0, 0.1) is 47.4 Å². The van der Waals surface area contributed by atoms with E-state index >= 15 is 0 Å². The summed E-state index contributed by atoms with van der Waals surface area (Å²) in [5.41, 5.74) is 4.63. The van der Waals surface area contributed by atoms with E-state index in [9.17, 15) is 28.8 Å². The second kappa shape index (κ2) is 27.9. The normalized spacial score (nSPS) is 16.8. The van der Waals surface area contributed by atoms with Crippen LogP contribution in [-0.2, 0) is 38.1 Å². The SMILES string of the molecule is COC(=O)[C@@H](N)C(C)(C)NC(=O)OC(C)(C)C.COC(=O)[C@@H](NC(=O)c1ccc2cc(C#C[C@H]3C[C@@H]3CO)ccc2c1)C(C)(C)NC(=O)OC(C)(C)C.O=C(O)C(=O)O.O=C(O)c1ccc2cc(C#C[C@H]3CC3CO)ccc2c1. The number of ether oxygens (including phenoxy) is 4. The van der Waals surface area contributed by atoms with Crippen molar-refractivity contribution in [1.82, 2.24) is 16.0 Å². The van der Waals surface area contributed by atoms with Gasteiger partial charge >= 0.3 is 42.0 Å². The lowest BCUT2D eigenvalue weighted by Crippen LogP contribution is -2.62. The molecule has 0 saturated heterocycles. The molecule has 2 fully saturated rings. The maximum Gasteiger partial charge on any atom is 0.414 e. The minimum atomic E-state index is -1.82. The molecule has 4 aromatic carbocycles. The van der Waals surface area contributed by atoms with Crippen LogP contribution in [0.5, 0.6) is 0 Å². The van der Waals surface area contributed by atoms with Crippen molar-refractivity contribution in [2.45, 2.75) is 116 Å². The van der Waals surface area contributed by atoms with Crippen LogP contribution in [0.15, 0.2) is 72.8 Å². The van der Waals surface area contributed by atoms with E-state index in [0.717, 1.165) is 45.5 Å². The summed E-state index contributed by atoms with van der Waals surface area (Å²) in [6, 6.07) is 19.6. The Morgan fingerprint density at radius 1 is 0.570 bits per heavy atom. The molecule has 2 aliphatic rings. The largest absolute Gasteiger partial charge is 0.478 e. The minimum absolute atomic E-state index is 0.174. The number of carbonyl (C=O) groups is 8. The first kappa shape index (κ1) is 65.0. The van der Waals surface area contributed by atoms with Gasteiger partial charge < -0.3 is 66.2 Å². The number of hydrogen-bond donors (Lipinski definition) is 9. The summed E-state index contributed by atoms with van der Waals surface area (Å²) in [7, 11) is 2.46. The van der Waals surface area contributed by atoms with Crippen LogP contribution >= 0.6 is 0 Å². The zero-order valence-corrected chi connectivity index (χ0v) is 46.4. The number of amides is 3. The van der Waals surface area contributed by atoms with E-state index in [1.54, 1.807) is 99.6 Å². The first-order valence-corrected chi connectivity index (χ1v) is 24.9. The number of fused-ring (bicyclic) bond motifs is 2. The van der Waals surface area contributed by atoms with Gasteiger partial charge in [-0.2, -0.15) is 0 Å². The first-order chi connectivity index (χ1) is 36.6. The van der Waals surface area contributed by atoms with E-state index < -0.39 is 82.3 Å². The molecule has 1 unspecified atom stereocenters. The highest BCUT2D eigenvalue weighted by Gasteiger charge is 2.40. The van der Waals surface area contributed by atoms with E-state index in [-0.39, 0.29) is 25.0 Å². The molecule has 0 bridgehead atoms. The number of carbonyl (C=O) groups excluding carboxylic acids is 5. The maximum absolute atomic E-state index is 13.1. The number of esters is 2. The van der Waals surface area contributed by atoms with Gasteiger partial charge in [0.05, 0.1) is 30.9 Å². The van der Waals surface area contributed by atoms with Crippen molar-refractivity contribution in [3.05, 3.63) is 95.1 Å². The van der Waals surface area contributed by atoms with E-state index in [0.29, 0.717) is 23.0 Å². The number of aliphatic hydroxyl groups is 2. The number of aliphatic hydroxyl groups excluding tert-OH is 2. The summed E-state index contributed by atoms with van der Waals surface area (Å²) in [5.74, 6) is 7.51. The van der Waals surface area contributed by atoms with Crippen molar-refractivity contribution < 1.29 is 82.8 Å². The van der Waals surface area contributed by atoms with E-state index in [4.69, 9.17) is 55.1 Å². The number of alkyl carbamates (subject to hydrolysis) is 2. The van der Waals surface area contributed by atoms with Crippen LogP contribution in [0.3, 0.4) is 0 Å². The molecule has 79 heavy (non-hydrogen) atoms. The summed E-state index contributed by atoms with van der Waals surface area (Å²) < 4.78 is 19.8. The molecular weight excluding hydrogens is 1020 g/mol. The molecule has 6 atom stereocenters. The predicted molar refractivity (Wildman–Crippen MR) is 291 cm³/mol. The van der Waals surface area contributed by atoms with Gasteiger partial charge in [-0.3, -0.25) is 9.59 Å². The number of nitrogens with two attached hydrogens (primary N) is 1. The Morgan fingerprint density at radius 3 is 1.32 bits per heavy atom. The van der Waals surface area contributed by atoms with Crippen molar-refractivity contribution in [1.29, 1.82) is 0 Å². The molecular formula is C58H72N4O17. The number of hydrogen-bond acceptors (Lipinski definition) is 15. The molecule has 2 aliphatic carbocycles. The molecule has 21 heteroatoms. The van der Waals surface area contributed by atoms with Crippen LogP contribution in [-0.4, -0.2) is 135 Å². The zero-order chi connectivity index (χ0) is 59.8. The van der Waals surface area contributed by atoms with Gasteiger partial charge in [0, 0.05) is 41.7 Å². The lowest BCUT2D eigenvalue weighted by molar-refractivity contribution is -0.159. The fourth-order valence-corrected chi connectivity index (χ4v) is 7.10. The second-order valence-electron chi connectivity index (χ2n) is 21.7. The van der Waals surface area contributed by atoms with Crippen molar-refractivity contribution in [2.24, 2.45) is 29.4 Å². The lowest BCUT2D eigenvalue weighted by atomic mass is 9.94. The number of rotatable bonds is 11. The van der Waals surface area contributed by atoms with Gasteiger partial charge in [0.25, 0.3) is 5.91 Å². The number of methoxy groups -OCH3 is 2. The van der Waals surface area contributed by atoms with Crippen LogP contribution in [0.1, 0.15) is 114 Å². The molecule has 3 amide bonds. The minimum Gasteiger partial charge on any atom is -0.478 e. The standard InChI is InChI=1S/C28H34N2O6.C17H14O3.C11H22N2O4.C2H2O4/c1-27(2,3)36-26(34)30-28(4,5)23(25(33)35-6)29-24(32)21-12-11-18-13-17(7-9-19(18)14-21)8-10-20-15-22(20)16-31;18-10-16-9-14(16)4-2-11-1-3-13-8-15(17(19)20)6-5-12(13)7-11;1-10(2,3)17-9(15)13-11(4,5)7(12)8(14)16-6;3-1(4)2(5)6/h7,9,11-14,20,22-23,31H,15-16H2,1-6H3,(H,29,32)(H,30,34);1,3,5-8,14,16,18H,9-10H2,(H,19,20);7H,12H2,1-6H3,(H,13,15);(H,3,4)(H,5,6)/t20-,22+,23+;14-,16?;7-;/m001./s1. The molecule has 2 saturated carbocycles. The highest BCUT2D eigenvalue weighted by atomic mass is 16.6.